The molecule has 0 amide bonds. The molecule has 4 nitrogen and oxygen atoms in total. The maximum absolute atomic E-state index is 8.26. The van der Waals surface area contributed by atoms with E-state index in [2.05, 4.69) is 72.6 Å². The predicted molar refractivity (Wildman–Crippen MR) is 154 cm³/mol. The van der Waals surface area contributed by atoms with Crippen LogP contribution in [0.25, 0.3) is 34.2 Å². The summed E-state index contributed by atoms with van der Waals surface area (Å²) in [5, 5.41) is 10.4. The van der Waals surface area contributed by atoms with Crippen molar-refractivity contribution in [2.45, 2.75) is 19.8 Å². The molecule has 0 spiro atoms. The third-order valence-electron chi connectivity index (χ3n) is 6.33. The van der Waals surface area contributed by atoms with Gasteiger partial charge < -0.3 is 10.2 Å². The molecule has 0 saturated carbocycles. The molecule has 1 aromatic heterocycles. The quantitative estimate of drug-likeness (QED) is 0.237. The van der Waals surface area contributed by atoms with Crippen molar-refractivity contribution in [2.75, 3.05) is 0 Å². The van der Waals surface area contributed by atoms with Crippen molar-refractivity contribution in [1.82, 2.24) is 0 Å². The van der Waals surface area contributed by atoms with Crippen molar-refractivity contribution in [3.63, 3.8) is 0 Å². The number of furan rings is 1. The minimum absolute atomic E-state index is 0.146. The van der Waals surface area contributed by atoms with Gasteiger partial charge in [0.2, 0.25) is 0 Å². The summed E-state index contributed by atoms with van der Waals surface area (Å²) in [6, 6.07) is 34.2. The standard InChI is InChI=1S/C20H17N3O.C13H12/c21-19(13-6-2-1-3-7-13)23-20(22)14-10-11-18-16(12-14)15-8-4-5-9-17(15)24-18;1-11-7-9-13(10-8-11)12-5-3-2-4-6-12/h1-3,6-12H,4-5H2,(H3,21,22,23);2-10H,1H3. The molecule has 37 heavy (non-hydrogen) atoms. The number of hydrogen-bond acceptors (Lipinski definition) is 2. The third-order valence-corrected chi connectivity index (χ3v) is 6.33. The van der Waals surface area contributed by atoms with E-state index in [0.29, 0.717) is 5.84 Å². The molecule has 0 aliphatic heterocycles. The first-order valence-electron chi connectivity index (χ1n) is 12.4. The Kier molecular flexibility index (Phi) is 7.09. The molecule has 3 N–H and O–H groups in total. The van der Waals surface area contributed by atoms with Gasteiger partial charge in [0.1, 0.15) is 16.8 Å². The van der Waals surface area contributed by atoms with Crippen LogP contribution in [-0.2, 0) is 0 Å². The van der Waals surface area contributed by atoms with Gasteiger partial charge in [-0.2, -0.15) is 0 Å². The van der Waals surface area contributed by atoms with Gasteiger partial charge in [0.25, 0.3) is 0 Å². The van der Waals surface area contributed by atoms with Crippen LogP contribution in [0.2, 0.25) is 0 Å². The molecule has 1 heterocycles. The van der Waals surface area contributed by atoms with Gasteiger partial charge in [0.05, 0.1) is 0 Å². The number of fused-ring (bicyclic) bond motifs is 3. The van der Waals surface area contributed by atoms with E-state index in [0.717, 1.165) is 45.6 Å². The van der Waals surface area contributed by atoms with E-state index in [-0.39, 0.29) is 5.84 Å². The largest absolute Gasteiger partial charge is 0.456 e. The fraction of sp³-hybridized carbons (Fsp3) is 0.0909. The summed E-state index contributed by atoms with van der Waals surface area (Å²) in [6.07, 6.45) is 6.33. The summed E-state index contributed by atoms with van der Waals surface area (Å²) in [6.45, 7) is 2.11. The summed E-state index contributed by atoms with van der Waals surface area (Å²) >= 11 is 0. The van der Waals surface area contributed by atoms with E-state index in [1.807, 2.05) is 54.6 Å². The fourth-order valence-corrected chi connectivity index (χ4v) is 4.32. The number of nitrogens with two attached hydrogens (primary N) is 1. The van der Waals surface area contributed by atoms with Crippen molar-refractivity contribution in [2.24, 2.45) is 10.7 Å². The molecule has 0 bridgehead atoms. The van der Waals surface area contributed by atoms with E-state index in [1.165, 1.54) is 16.7 Å². The Labute approximate surface area is 216 Å². The highest BCUT2D eigenvalue weighted by Gasteiger charge is 2.09. The smallest absolute Gasteiger partial charge is 0.154 e. The first-order valence-corrected chi connectivity index (χ1v) is 12.4. The lowest BCUT2D eigenvalue weighted by Gasteiger charge is -2.03. The zero-order valence-electron chi connectivity index (χ0n) is 20.8. The lowest BCUT2D eigenvalue weighted by atomic mass is 10.0. The highest BCUT2D eigenvalue weighted by molar-refractivity contribution is 6.10. The molecule has 0 fully saturated rings. The minimum atomic E-state index is 0.146. The van der Waals surface area contributed by atoms with Crippen LogP contribution >= 0.6 is 0 Å². The monoisotopic (exact) mass is 483 g/mol. The van der Waals surface area contributed by atoms with Gasteiger partial charge in [-0.1, -0.05) is 96.6 Å². The van der Waals surface area contributed by atoms with Crippen LogP contribution in [0.3, 0.4) is 0 Å². The zero-order valence-corrected chi connectivity index (χ0v) is 20.8. The predicted octanol–water partition coefficient (Wildman–Crippen LogP) is 6.18. The first-order chi connectivity index (χ1) is 18.1. The van der Waals surface area contributed by atoms with Gasteiger partial charge in [0, 0.05) is 21.7 Å². The Hall–Kier alpha value is -4.70. The molecule has 182 valence electrons. The van der Waals surface area contributed by atoms with Gasteiger partial charge in [0.15, 0.2) is 5.84 Å². The van der Waals surface area contributed by atoms with Crippen molar-refractivity contribution in [3.05, 3.63) is 130 Å². The summed E-state index contributed by atoms with van der Waals surface area (Å²) < 4.78 is 5.86. The molecule has 1 aliphatic carbocycles. The summed E-state index contributed by atoms with van der Waals surface area (Å²) in [4.78, 5) is 4.25. The number of aliphatic imine (C=N–C) groups is 1. The normalized spacial score (nSPS) is 12.5. The number of benzene rings is 4. The summed E-state index contributed by atoms with van der Waals surface area (Å²) in [7, 11) is 0. The second-order valence-corrected chi connectivity index (χ2v) is 9.02. The number of nitrogens with zero attached hydrogens (tertiary/aromatic N) is 1. The molecule has 6 rings (SSSR count). The van der Waals surface area contributed by atoms with Gasteiger partial charge in [-0.15, -0.1) is 0 Å². The Morgan fingerprint density at radius 1 is 0.757 bits per heavy atom. The molecule has 1 aliphatic rings. The SMILES string of the molecule is Cc1ccc(-c2ccccc2)cc1.N=C(N=C(N)c1ccccc1)c1ccc2oc3c(c2c1)=CCCC=3. The Morgan fingerprint density at radius 3 is 2.14 bits per heavy atom. The molecule has 0 radical (unpaired) electrons. The van der Waals surface area contributed by atoms with E-state index >= 15 is 0 Å². The van der Waals surface area contributed by atoms with Crippen LogP contribution in [0.1, 0.15) is 29.5 Å². The molecule has 5 aromatic rings. The Balaban J connectivity index is 0.000000182. The van der Waals surface area contributed by atoms with Crippen molar-refractivity contribution in [1.29, 1.82) is 5.41 Å². The maximum atomic E-state index is 8.26. The second-order valence-electron chi connectivity index (χ2n) is 9.02. The molecule has 0 unspecified atom stereocenters. The van der Waals surface area contributed by atoms with Gasteiger partial charge in [-0.3, -0.25) is 5.41 Å². The summed E-state index contributed by atoms with van der Waals surface area (Å²) in [5.41, 5.74) is 13.2. The molecular formula is C33H29N3O. The summed E-state index contributed by atoms with van der Waals surface area (Å²) in [5.74, 6) is 0.489. The van der Waals surface area contributed by atoms with Crippen LogP contribution in [0, 0.1) is 12.3 Å². The number of rotatable bonds is 3. The van der Waals surface area contributed by atoms with Crippen LogP contribution in [0.15, 0.2) is 113 Å². The average Bonchev–Trinajstić information content (AvgIpc) is 3.33. The minimum Gasteiger partial charge on any atom is -0.456 e. The van der Waals surface area contributed by atoms with Crippen molar-refractivity contribution in [3.8, 4) is 11.1 Å². The second kappa shape index (κ2) is 10.9. The number of hydrogen-bond donors (Lipinski definition) is 2. The lowest BCUT2D eigenvalue weighted by molar-refractivity contribution is 0.572. The molecule has 4 heteroatoms. The van der Waals surface area contributed by atoms with E-state index in [4.69, 9.17) is 15.6 Å². The van der Waals surface area contributed by atoms with Crippen LogP contribution < -0.4 is 16.4 Å². The number of nitrogens with one attached hydrogen (secondary N) is 1. The van der Waals surface area contributed by atoms with E-state index < -0.39 is 0 Å². The van der Waals surface area contributed by atoms with Gasteiger partial charge in [-0.25, -0.2) is 4.99 Å². The first kappa shape index (κ1) is 24.0. The lowest BCUT2D eigenvalue weighted by Crippen LogP contribution is -2.22. The van der Waals surface area contributed by atoms with E-state index in [1.54, 1.807) is 0 Å². The fourth-order valence-electron chi connectivity index (χ4n) is 4.32. The number of amidine groups is 2. The van der Waals surface area contributed by atoms with E-state index in [9.17, 15) is 0 Å². The van der Waals surface area contributed by atoms with Gasteiger partial charge in [-0.05, 0) is 55.2 Å². The third kappa shape index (κ3) is 5.60. The van der Waals surface area contributed by atoms with Crippen LogP contribution in [0.5, 0.6) is 0 Å². The maximum Gasteiger partial charge on any atom is 0.154 e. The van der Waals surface area contributed by atoms with Crippen LogP contribution in [-0.4, -0.2) is 11.7 Å². The van der Waals surface area contributed by atoms with Crippen molar-refractivity contribution >= 4 is 34.8 Å². The Morgan fingerprint density at radius 2 is 1.41 bits per heavy atom. The Bertz CT molecular complexity index is 1680. The number of aryl methyl sites for hydroxylation is 1. The average molecular weight is 484 g/mol. The molecular weight excluding hydrogens is 454 g/mol. The zero-order chi connectivity index (χ0) is 25.6. The molecule has 4 aromatic carbocycles. The molecule has 0 atom stereocenters. The highest BCUT2D eigenvalue weighted by atomic mass is 16.3. The highest BCUT2D eigenvalue weighted by Crippen LogP contribution is 2.18. The van der Waals surface area contributed by atoms with Gasteiger partial charge >= 0.3 is 0 Å². The van der Waals surface area contributed by atoms with Crippen molar-refractivity contribution < 1.29 is 4.42 Å². The molecule has 0 saturated heterocycles. The topological polar surface area (TPSA) is 75.4 Å². The van der Waals surface area contributed by atoms with Crippen LogP contribution in [0.4, 0.5) is 0 Å².